The van der Waals surface area contributed by atoms with Crippen molar-refractivity contribution < 1.29 is 9.53 Å². The van der Waals surface area contributed by atoms with Crippen molar-refractivity contribution in [2.45, 2.75) is 38.3 Å². The molecule has 1 spiro atoms. The molecule has 6 heteroatoms. The number of piperidine rings is 1. The van der Waals surface area contributed by atoms with Gasteiger partial charge in [-0.25, -0.2) is 0 Å². The summed E-state index contributed by atoms with van der Waals surface area (Å²) in [6.45, 7) is 4.44. The average Bonchev–Trinajstić information content (AvgIpc) is 3.09. The maximum Gasteiger partial charge on any atom is 0.229 e. The van der Waals surface area contributed by atoms with Gasteiger partial charge >= 0.3 is 0 Å². The van der Waals surface area contributed by atoms with Gasteiger partial charge in [0.25, 0.3) is 0 Å². The highest BCUT2D eigenvalue weighted by Crippen LogP contribution is 2.42. The second-order valence-corrected chi connectivity index (χ2v) is 9.33. The van der Waals surface area contributed by atoms with Gasteiger partial charge in [0.15, 0.2) is 0 Å². The lowest BCUT2D eigenvalue weighted by molar-refractivity contribution is -0.138. The van der Waals surface area contributed by atoms with Crippen molar-refractivity contribution in [1.29, 1.82) is 0 Å². The number of halogens is 1. The number of nitrogens with two attached hydrogens (primary N) is 1. The van der Waals surface area contributed by atoms with E-state index in [0.29, 0.717) is 12.5 Å². The van der Waals surface area contributed by atoms with Crippen LogP contribution in [0.25, 0.3) is 0 Å². The van der Waals surface area contributed by atoms with Crippen LogP contribution in [0.1, 0.15) is 42.9 Å². The molecule has 2 heterocycles. The molecule has 2 aliphatic heterocycles. The van der Waals surface area contributed by atoms with E-state index in [1.165, 1.54) is 0 Å². The van der Waals surface area contributed by atoms with E-state index >= 15 is 0 Å². The highest BCUT2D eigenvalue weighted by molar-refractivity contribution is 6.30. The predicted molar refractivity (Wildman–Crippen MR) is 124 cm³/mol. The third-order valence-electron chi connectivity index (χ3n) is 7.00. The Labute approximate surface area is 190 Å². The smallest absolute Gasteiger partial charge is 0.229 e. The largest absolute Gasteiger partial charge is 0.497 e. The number of carbonyl (C=O) groups is 1. The van der Waals surface area contributed by atoms with Crippen molar-refractivity contribution in [3.8, 4) is 5.75 Å². The summed E-state index contributed by atoms with van der Waals surface area (Å²) >= 11 is 5.97. The minimum Gasteiger partial charge on any atom is -0.497 e. The second kappa shape index (κ2) is 9.60. The zero-order chi connectivity index (χ0) is 21.8. The van der Waals surface area contributed by atoms with E-state index < -0.39 is 0 Å². The van der Waals surface area contributed by atoms with Gasteiger partial charge in [0.1, 0.15) is 5.75 Å². The van der Waals surface area contributed by atoms with Crippen LogP contribution < -0.4 is 10.5 Å². The molecule has 1 amide bonds. The first kappa shape index (κ1) is 22.1. The van der Waals surface area contributed by atoms with Crippen LogP contribution in [-0.2, 0) is 11.3 Å². The molecular formula is C25H32ClN3O2. The molecule has 0 saturated carbocycles. The van der Waals surface area contributed by atoms with Crippen molar-refractivity contribution in [2.75, 3.05) is 33.3 Å². The Morgan fingerprint density at radius 1 is 1.03 bits per heavy atom. The van der Waals surface area contributed by atoms with Gasteiger partial charge in [-0.1, -0.05) is 35.9 Å². The van der Waals surface area contributed by atoms with Crippen molar-refractivity contribution in [1.82, 2.24) is 9.80 Å². The van der Waals surface area contributed by atoms with Gasteiger partial charge in [-0.05, 0) is 80.7 Å². The van der Waals surface area contributed by atoms with Crippen LogP contribution in [0.4, 0.5) is 0 Å². The Morgan fingerprint density at radius 3 is 2.32 bits per heavy atom. The zero-order valence-corrected chi connectivity index (χ0v) is 19.0. The van der Waals surface area contributed by atoms with E-state index in [2.05, 4.69) is 4.90 Å². The topological polar surface area (TPSA) is 58.8 Å². The summed E-state index contributed by atoms with van der Waals surface area (Å²) in [5, 5.41) is 0.736. The van der Waals surface area contributed by atoms with Gasteiger partial charge < -0.3 is 20.3 Å². The molecule has 2 aromatic rings. The Bertz CT molecular complexity index is 877. The number of amides is 1. The summed E-state index contributed by atoms with van der Waals surface area (Å²) in [7, 11) is 1.67. The van der Waals surface area contributed by atoms with E-state index in [1.807, 2.05) is 53.4 Å². The first-order chi connectivity index (χ1) is 15.0. The lowest BCUT2D eigenvalue weighted by atomic mass is 9.77. The number of benzene rings is 2. The van der Waals surface area contributed by atoms with Crippen molar-refractivity contribution in [3.05, 3.63) is 64.7 Å². The fourth-order valence-corrected chi connectivity index (χ4v) is 4.99. The van der Waals surface area contributed by atoms with E-state index in [0.717, 1.165) is 73.8 Å². The van der Waals surface area contributed by atoms with Crippen LogP contribution in [0.2, 0.25) is 5.02 Å². The maximum atomic E-state index is 13.2. The lowest BCUT2D eigenvalue weighted by Crippen LogP contribution is -2.45. The number of ether oxygens (including phenoxy) is 1. The number of hydrogen-bond acceptors (Lipinski definition) is 4. The van der Waals surface area contributed by atoms with Gasteiger partial charge in [0.05, 0.1) is 12.5 Å². The maximum absolute atomic E-state index is 13.2. The van der Waals surface area contributed by atoms with E-state index in [9.17, 15) is 4.79 Å². The molecule has 2 fully saturated rings. The predicted octanol–water partition coefficient (Wildman–Crippen LogP) is 4.25. The summed E-state index contributed by atoms with van der Waals surface area (Å²) in [5.41, 5.74) is 8.48. The Kier molecular flexibility index (Phi) is 6.85. The third-order valence-corrected chi connectivity index (χ3v) is 7.25. The summed E-state index contributed by atoms with van der Waals surface area (Å²) in [5.74, 6) is 1.18. The van der Waals surface area contributed by atoms with Crippen LogP contribution in [-0.4, -0.2) is 49.0 Å². The fourth-order valence-electron chi connectivity index (χ4n) is 4.86. The van der Waals surface area contributed by atoms with Crippen molar-refractivity contribution in [3.63, 3.8) is 0 Å². The van der Waals surface area contributed by atoms with Crippen molar-refractivity contribution in [2.24, 2.45) is 11.1 Å². The monoisotopic (exact) mass is 441 g/mol. The minimum atomic E-state index is -0.165. The number of rotatable bonds is 7. The summed E-state index contributed by atoms with van der Waals surface area (Å²) < 4.78 is 5.23. The second-order valence-electron chi connectivity index (χ2n) is 8.89. The van der Waals surface area contributed by atoms with Crippen LogP contribution >= 0.6 is 11.6 Å². The molecule has 1 unspecified atom stereocenters. The van der Waals surface area contributed by atoms with Gasteiger partial charge in [-0.3, -0.25) is 4.79 Å². The number of nitrogens with zero attached hydrogens (tertiary/aromatic N) is 2. The molecule has 1 atom stereocenters. The fraction of sp³-hybridized carbons (Fsp3) is 0.480. The summed E-state index contributed by atoms with van der Waals surface area (Å²) in [6.07, 6.45) is 3.77. The van der Waals surface area contributed by atoms with Crippen molar-refractivity contribution >= 4 is 17.5 Å². The zero-order valence-electron chi connectivity index (χ0n) is 18.2. The molecule has 0 aromatic heterocycles. The minimum absolute atomic E-state index is 0.0151. The number of carbonyl (C=O) groups excluding carboxylic acids is 1. The highest BCUT2D eigenvalue weighted by Gasteiger charge is 2.47. The first-order valence-corrected chi connectivity index (χ1v) is 11.5. The van der Waals surface area contributed by atoms with Crippen LogP contribution in [0.15, 0.2) is 48.5 Å². The van der Waals surface area contributed by atoms with Gasteiger partial charge in [0.2, 0.25) is 5.91 Å². The average molecular weight is 442 g/mol. The lowest BCUT2D eigenvalue weighted by Gasteiger charge is -2.38. The number of methoxy groups -OCH3 is 1. The Hall–Kier alpha value is -2.08. The van der Waals surface area contributed by atoms with Gasteiger partial charge in [0, 0.05) is 24.2 Å². The number of hydrogen-bond donors (Lipinski definition) is 1. The third kappa shape index (κ3) is 5.05. The molecule has 0 radical (unpaired) electrons. The molecular weight excluding hydrogens is 410 g/mol. The molecule has 166 valence electrons. The molecule has 31 heavy (non-hydrogen) atoms. The summed E-state index contributed by atoms with van der Waals surface area (Å²) in [6, 6.07) is 15.8. The molecule has 0 aliphatic carbocycles. The highest BCUT2D eigenvalue weighted by atomic mass is 35.5. The van der Waals surface area contributed by atoms with E-state index in [-0.39, 0.29) is 11.5 Å². The van der Waals surface area contributed by atoms with E-state index in [1.54, 1.807) is 7.11 Å². The number of likely N-dealkylation sites (tertiary alicyclic amines) is 2. The summed E-state index contributed by atoms with van der Waals surface area (Å²) in [4.78, 5) is 17.7. The van der Waals surface area contributed by atoms with Gasteiger partial charge in [-0.15, -0.1) is 0 Å². The molecule has 2 saturated heterocycles. The van der Waals surface area contributed by atoms with E-state index in [4.69, 9.17) is 22.1 Å². The molecule has 2 aromatic carbocycles. The quantitative estimate of drug-likeness (QED) is 0.697. The van der Waals surface area contributed by atoms with Crippen LogP contribution in [0.3, 0.4) is 0 Å². The molecule has 0 bridgehead atoms. The van der Waals surface area contributed by atoms with Crippen LogP contribution in [0, 0.1) is 5.41 Å². The van der Waals surface area contributed by atoms with Crippen LogP contribution in [0.5, 0.6) is 5.75 Å². The molecule has 4 rings (SSSR count). The Morgan fingerprint density at radius 2 is 1.68 bits per heavy atom. The normalized spacial score (nSPS) is 19.7. The van der Waals surface area contributed by atoms with Gasteiger partial charge in [-0.2, -0.15) is 0 Å². The molecule has 2 aliphatic rings. The SMILES string of the molecule is COc1ccc(CN2CCC3(CCN(CCC(N)c4ccc(Cl)cc4)CC3)C2=O)cc1. The molecule has 2 N–H and O–H groups in total. The first-order valence-electron chi connectivity index (χ1n) is 11.1. The Balaban J connectivity index is 1.26. The molecule has 5 nitrogen and oxygen atoms in total. The standard InChI is InChI=1S/C25H32ClN3O2/c1-31-22-8-2-19(3-9-22)18-29-17-13-25(24(29)30)11-15-28(16-12-25)14-10-23(27)20-4-6-21(26)7-5-20/h2-9,23H,10-18,27H2,1H3.